The number of aliphatic carboxylic acids is 1. The third-order valence-corrected chi connectivity index (χ3v) is 4.17. The van der Waals surface area contributed by atoms with Gasteiger partial charge >= 0.3 is 5.97 Å². The summed E-state index contributed by atoms with van der Waals surface area (Å²) >= 11 is 0. The summed E-state index contributed by atoms with van der Waals surface area (Å²) in [7, 11) is 0. The van der Waals surface area contributed by atoms with Crippen molar-refractivity contribution in [1.82, 2.24) is 9.88 Å². The minimum Gasteiger partial charge on any atom is -0.481 e. The van der Waals surface area contributed by atoms with Crippen LogP contribution in [0.1, 0.15) is 37.3 Å². The van der Waals surface area contributed by atoms with Crippen LogP contribution in [0.25, 0.3) is 0 Å². The number of carboxylic acid groups (broad SMARTS) is 1. The van der Waals surface area contributed by atoms with Gasteiger partial charge in [-0.2, -0.15) is 0 Å². The predicted molar refractivity (Wildman–Crippen MR) is 67.2 cm³/mol. The molecule has 0 unspecified atom stereocenters. The predicted octanol–water partition coefficient (Wildman–Crippen LogP) is 1.61. The van der Waals surface area contributed by atoms with Gasteiger partial charge in [0.05, 0.1) is 12.0 Å². The number of nitrogens with zero attached hydrogens (tertiary/aromatic N) is 2. The molecule has 1 aromatic rings. The number of rotatable bonds is 3. The van der Waals surface area contributed by atoms with E-state index in [0.717, 1.165) is 24.8 Å². The van der Waals surface area contributed by atoms with Gasteiger partial charge in [0.25, 0.3) is 0 Å². The molecule has 1 saturated carbocycles. The van der Waals surface area contributed by atoms with Gasteiger partial charge in [0.2, 0.25) is 5.91 Å². The number of carbonyl (C=O) groups excluding carboxylic acids is 1. The van der Waals surface area contributed by atoms with Crippen LogP contribution >= 0.6 is 0 Å². The maximum Gasteiger partial charge on any atom is 0.309 e. The second-order valence-corrected chi connectivity index (χ2v) is 5.27. The highest BCUT2D eigenvalue weighted by Crippen LogP contribution is 2.43. The van der Waals surface area contributed by atoms with E-state index in [1.54, 1.807) is 23.4 Å². The molecule has 5 heteroatoms. The molecule has 2 heterocycles. The third-order valence-electron chi connectivity index (χ3n) is 4.17. The molecule has 19 heavy (non-hydrogen) atoms. The Balaban J connectivity index is 1.97. The SMILES string of the molecule is O=C(O)[C@@H]1CC(=O)N(C2CCC2)[C@H]1c1cccnc1. The molecule has 0 bridgehead atoms. The largest absolute Gasteiger partial charge is 0.481 e. The minimum absolute atomic E-state index is 0.0362. The van der Waals surface area contributed by atoms with Crippen LogP contribution in [0, 0.1) is 5.92 Å². The number of likely N-dealkylation sites (tertiary alicyclic amines) is 1. The van der Waals surface area contributed by atoms with E-state index >= 15 is 0 Å². The van der Waals surface area contributed by atoms with Crippen molar-refractivity contribution in [2.75, 3.05) is 0 Å². The molecule has 1 aliphatic heterocycles. The quantitative estimate of drug-likeness (QED) is 0.896. The molecule has 1 saturated heterocycles. The summed E-state index contributed by atoms with van der Waals surface area (Å²) in [5.74, 6) is -1.59. The molecule has 0 radical (unpaired) electrons. The molecule has 0 aromatic carbocycles. The van der Waals surface area contributed by atoms with Crippen LogP contribution in [0.15, 0.2) is 24.5 Å². The molecule has 5 nitrogen and oxygen atoms in total. The van der Waals surface area contributed by atoms with Crippen LogP contribution in [0.2, 0.25) is 0 Å². The first-order chi connectivity index (χ1) is 9.18. The number of hydrogen-bond acceptors (Lipinski definition) is 3. The van der Waals surface area contributed by atoms with Crippen molar-refractivity contribution in [3.8, 4) is 0 Å². The number of hydrogen-bond donors (Lipinski definition) is 1. The fourth-order valence-electron chi connectivity index (χ4n) is 3.02. The number of amides is 1. The van der Waals surface area contributed by atoms with E-state index in [4.69, 9.17) is 0 Å². The summed E-state index contributed by atoms with van der Waals surface area (Å²) in [6.45, 7) is 0. The monoisotopic (exact) mass is 260 g/mol. The zero-order valence-corrected chi connectivity index (χ0v) is 10.5. The Bertz CT molecular complexity index is 499. The van der Waals surface area contributed by atoms with Gasteiger partial charge in [-0.25, -0.2) is 0 Å². The van der Waals surface area contributed by atoms with Crippen molar-refractivity contribution in [2.45, 2.75) is 37.8 Å². The zero-order chi connectivity index (χ0) is 13.4. The van der Waals surface area contributed by atoms with Gasteiger partial charge in [0.1, 0.15) is 0 Å². The first kappa shape index (κ1) is 12.1. The van der Waals surface area contributed by atoms with Crippen molar-refractivity contribution in [1.29, 1.82) is 0 Å². The van der Waals surface area contributed by atoms with Crippen LogP contribution in [-0.4, -0.2) is 32.9 Å². The second kappa shape index (κ2) is 4.64. The molecule has 2 atom stereocenters. The highest BCUT2D eigenvalue weighted by molar-refractivity contribution is 5.87. The normalized spacial score (nSPS) is 27.4. The van der Waals surface area contributed by atoms with Gasteiger partial charge in [-0.3, -0.25) is 14.6 Å². The maximum atomic E-state index is 12.1. The molecule has 1 aliphatic carbocycles. The van der Waals surface area contributed by atoms with Crippen molar-refractivity contribution in [3.63, 3.8) is 0 Å². The fraction of sp³-hybridized carbons (Fsp3) is 0.500. The van der Waals surface area contributed by atoms with E-state index in [9.17, 15) is 14.7 Å². The summed E-state index contributed by atoms with van der Waals surface area (Å²) in [6, 6.07) is 3.50. The second-order valence-electron chi connectivity index (χ2n) is 5.27. The highest BCUT2D eigenvalue weighted by atomic mass is 16.4. The third kappa shape index (κ3) is 1.99. The summed E-state index contributed by atoms with van der Waals surface area (Å²) < 4.78 is 0. The fourth-order valence-corrected chi connectivity index (χ4v) is 3.02. The lowest BCUT2D eigenvalue weighted by Crippen LogP contribution is -2.43. The lowest BCUT2D eigenvalue weighted by Gasteiger charge is -2.39. The minimum atomic E-state index is -0.899. The Kier molecular flexibility index (Phi) is 2.97. The molecule has 100 valence electrons. The van der Waals surface area contributed by atoms with Gasteiger partial charge in [0.15, 0.2) is 0 Å². The molecular formula is C14H16N2O3. The number of pyridine rings is 1. The maximum absolute atomic E-state index is 12.1. The Hall–Kier alpha value is -1.91. The van der Waals surface area contributed by atoms with Gasteiger partial charge in [-0.15, -0.1) is 0 Å². The summed E-state index contributed by atoms with van der Waals surface area (Å²) in [6.07, 6.45) is 6.51. The van der Waals surface area contributed by atoms with Crippen molar-refractivity contribution in [3.05, 3.63) is 30.1 Å². The van der Waals surface area contributed by atoms with Gasteiger partial charge in [-0.1, -0.05) is 6.07 Å². The number of aromatic nitrogens is 1. The summed E-state index contributed by atoms with van der Waals surface area (Å²) in [5, 5.41) is 9.35. The summed E-state index contributed by atoms with van der Waals surface area (Å²) in [5.41, 5.74) is 0.827. The van der Waals surface area contributed by atoms with Crippen molar-refractivity contribution in [2.24, 2.45) is 5.92 Å². The Morgan fingerprint density at radius 2 is 2.21 bits per heavy atom. The van der Waals surface area contributed by atoms with Gasteiger partial charge < -0.3 is 10.0 Å². The van der Waals surface area contributed by atoms with Gasteiger partial charge in [0, 0.05) is 24.9 Å². The zero-order valence-electron chi connectivity index (χ0n) is 10.5. The molecule has 2 fully saturated rings. The average molecular weight is 260 g/mol. The Morgan fingerprint density at radius 3 is 2.74 bits per heavy atom. The molecule has 2 aliphatic rings. The first-order valence-corrected chi connectivity index (χ1v) is 6.62. The average Bonchev–Trinajstić information content (AvgIpc) is 2.67. The lowest BCUT2D eigenvalue weighted by molar-refractivity contribution is -0.142. The molecule has 0 spiro atoms. The van der Waals surface area contributed by atoms with Crippen LogP contribution in [-0.2, 0) is 9.59 Å². The first-order valence-electron chi connectivity index (χ1n) is 6.62. The smallest absolute Gasteiger partial charge is 0.309 e. The van der Waals surface area contributed by atoms with E-state index in [0.29, 0.717) is 0 Å². The van der Waals surface area contributed by atoms with E-state index < -0.39 is 11.9 Å². The molecule has 1 amide bonds. The molecular weight excluding hydrogens is 244 g/mol. The van der Waals surface area contributed by atoms with E-state index in [1.807, 2.05) is 6.07 Å². The van der Waals surface area contributed by atoms with E-state index in [2.05, 4.69) is 4.98 Å². The van der Waals surface area contributed by atoms with Crippen molar-refractivity contribution < 1.29 is 14.7 Å². The van der Waals surface area contributed by atoms with Crippen LogP contribution < -0.4 is 0 Å². The standard InChI is InChI=1S/C14H16N2O3/c17-12-7-11(14(18)19)13(9-3-2-6-15-8-9)16(12)10-4-1-5-10/h2-3,6,8,10-11,13H,1,4-5,7H2,(H,18,19)/t11-,13+/m1/s1. The van der Waals surface area contributed by atoms with Crippen LogP contribution in [0.4, 0.5) is 0 Å². The molecule has 3 rings (SSSR count). The van der Waals surface area contributed by atoms with Crippen LogP contribution in [0.3, 0.4) is 0 Å². The van der Waals surface area contributed by atoms with Gasteiger partial charge in [-0.05, 0) is 30.9 Å². The molecule has 1 aromatic heterocycles. The summed E-state index contributed by atoms with van der Waals surface area (Å²) in [4.78, 5) is 29.4. The van der Waals surface area contributed by atoms with Crippen molar-refractivity contribution >= 4 is 11.9 Å². The topological polar surface area (TPSA) is 70.5 Å². The Morgan fingerprint density at radius 1 is 1.42 bits per heavy atom. The number of carbonyl (C=O) groups is 2. The highest BCUT2D eigenvalue weighted by Gasteiger charge is 2.48. The van der Waals surface area contributed by atoms with Crippen LogP contribution in [0.5, 0.6) is 0 Å². The Labute approximate surface area is 111 Å². The lowest BCUT2D eigenvalue weighted by atomic mass is 9.88. The van der Waals surface area contributed by atoms with E-state index in [-0.39, 0.29) is 24.4 Å². The van der Waals surface area contributed by atoms with E-state index in [1.165, 1.54) is 0 Å². The number of carboxylic acids is 1. The molecule has 1 N–H and O–H groups in total.